The van der Waals surface area contributed by atoms with Crippen LogP contribution in [0.15, 0.2) is 6.07 Å². The lowest BCUT2D eigenvalue weighted by molar-refractivity contribution is 0.161. The summed E-state index contributed by atoms with van der Waals surface area (Å²) in [4.78, 5) is 0. The van der Waals surface area contributed by atoms with Gasteiger partial charge in [-0.15, -0.1) is 5.10 Å². The lowest BCUT2D eigenvalue weighted by Crippen LogP contribution is -2.17. The summed E-state index contributed by atoms with van der Waals surface area (Å²) in [6, 6.07) is 1.90. The number of hydrogen-bond donors (Lipinski definition) is 0. The second-order valence-corrected chi connectivity index (χ2v) is 3.29. The van der Waals surface area contributed by atoms with Crippen molar-refractivity contribution in [1.29, 1.82) is 0 Å². The Balaban J connectivity index is 2.35. The van der Waals surface area contributed by atoms with Crippen molar-refractivity contribution in [1.82, 2.24) is 10.2 Å². The lowest BCUT2D eigenvalue weighted by Gasteiger charge is -2.17. The predicted molar refractivity (Wildman–Crippen MR) is 47.1 cm³/mol. The number of nitrogens with zero attached hydrogens (tertiary/aromatic N) is 2. The van der Waals surface area contributed by atoms with Gasteiger partial charge in [0, 0.05) is 6.07 Å². The van der Waals surface area contributed by atoms with Gasteiger partial charge in [-0.1, -0.05) is 13.8 Å². The topological polar surface area (TPSA) is 44.2 Å². The number of hydrogen-bond acceptors (Lipinski definition) is 4. The molecule has 4 nitrogen and oxygen atoms in total. The van der Waals surface area contributed by atoms with Crippen molar-refractivity contribution in [3.05, 3.63) is 11.8 Å². The third-order valence-electron chi connectivity index (χ3n) is 1.92. The summed E-state index contributed by atoms with van der Waals surface area (Å²) >= 11 is 0. The molecule has 0 aromatic carbocycles. The summed E-state index contributed by atoms with van der Waals surface area (Å²) in [7, 11) is 0. The van der Waals surface area contributed by atoms with Crippen molar-refractivity contribution in [2.45, 2.75) is 19.8 Å². The van der Waals surface area contributed by atoms with Crippen LogP contribution in [0.25, 0.3) is 0 Å². The first-order valence-electron chi connectivity index (χ1n) is 4.40. The van der Waals surface area contributed by atoms with Crippen LogP contribution in [0.4, 0.5) is 0 Å². The third kappa shape index (κ3) is 1.56. The van der Waals surface area contributed by atoms with E-state index in [-0.39, 0.29) is 0 Å². The van der Waals surface area contributed by atoms with Gasteiger partial charge in [-0.05, 0) is 5.92 Å². The first kappa shape index (κ1) is 8.29. The highest BCUT2D eigenvalue weighted by molar-refractivity contribution is 5.35. The molecule has 2 rings (SSSR count). The van der Waals surface area contributed by atoms with E-state index in [2.05, 4.69) is 24.0 Å². The van der Waals surface area contributed by atoms with Gasteiger partial charge in [-0.2, -0.15) is 5.10 Å². The average molecular weight is 180 g/mol. The van der Waals surface area contributed by atoms with Crippen LogP contribution in [0.1, 0.15) is 25.5 Å². The molecule has 0 bridgehead atoms. The van der Waals surface area contributed by atoms with Crippen molar-refractivity contribution in [2.75, 3.05) is 13.2 Å². The number of ether oxygens (including phenoxy) is 2. The molecule has 0 unspecified atom stereocenters. The number of aromatic nitrogens is 2. The van der Waals surface area contributed by atoms with Gasteiger partial charge in [0.25, 0.3) is 5.88 Å². The van der Waals surface area contributed by atoms with E-state index < -0.39 is 0 Å². The van der Waals surface area contributed by atoms with Gasteiger partial charge in [0.15, 0.2) is 5.75 Å². The molecule has 0 radical (unpaired) electrons. The monoisotopic (exact) mass is 180 g/mol. The van der Waals surface area contributed by atoms with E-state index in [0.29, 0.717) is 30.8 Å². The van der Waals surface area contributed by atoms with E-state index in [1.165, 1.54) is 0 Å². The molecular weight excluding hydrogens is 168 g/mol. The van der Waals surface area contributed by atoms with Crippen LogP contribution >= 0.6 is 0 Å². The molecule has 0 atom stereocenters. The second-order valence-electron chi connectivity index (χ2n) is 3.29. The van der Waals surface area contributed by atoms with Crippen LogP contribution in [0, 0.1) is 0 Å². The van der Waals surface area contributed by atoms with Gasteiger partial charge in [0.05, 0.1) is 5.69 Å². The van der Waals surface area contributed by atoms with Crippen LogP contribution in [-0.4, -0.2) is 23.4 Å². The molecule has 13 heavy (non-hydrogen) atoms. The van der Waals surface area contributed by atoms with Gasteiger partial charge in [0.1, 0.15) is 13.2 Å². The summed E-state index contributed by atoms with van der Waals surface area (Å²) in [5.74, 6) is 1.59. The lowest BCUT2D eigenvalue weighted by atomic mass is 10.1. The number of fused-ring (bicyclic) bond motifs is 1. The Morgan fingerprint density at radius 1 is 1.23 bits per heavy atom. The smallest absolute Gasteiger partial charge is 0.276 e. The molecule has 1 aliphatic heterocycles. The first-order chi connectivity index (χ1) is 6.27. The molecule has 1 aliphatic rings. The molecule has 4 heteroatoms. The molecule has 0 saturated heterocycles. The summed E-state index contributed by atoms with van der Waals surface area (Å²) in [6.07, 6.45) is 0. The molecular formula is C9H12N2O2. The minimum Gasteiger partial charge on any atom is -0.484 e. The van der Waals surface area contributed by atoms with E-state index >= 15 is 0 Å². The molecule has 2 heterocycles. The molecule has 1 aromatic heterocycles. The number of rotatable bonds is 1. The van der Waals surface area contributed by atoms with Crippen molar-refractivity contribution < 1.29 is 9.47 Å². The van der Waals surface area contributed by atoms with Crippen LogP contribution in [0.5, 0.6) is 11.6 Å². The van der Waals surface area contributed by atoms with Crippen LogP contribution in [0.2, 0.25) is 0 Å². The van der Waals surface area contributed by atoms with E-state index in [1.54, 1.807) is 0 Å². The van der Waals surface area contributed by atoms with Gasteiger partial charge in [0.2, 0.25) is 0 Å². The second kappa shape index (κ2) is 3.20. The van der Waals surface area contributed by atoms with E-state index in [0.717, 1.165) is 5.69 Å². The Morgan fingerprint density at radius 3 is 2.77 bits per heavy atom. The molecule has 0 aliphatic carbocycles. The maximum Gasteiger partial charge on any atom is 0.276 e. The minimum atomic E-state index is 0.364. The summed E-state index contributed by atoms with van der Waals surface area (Å²) < 4.78 is 10.6. The zero-order valence-electron chi connectivity index (χ0n) is 7.78. The molecule has 0 N–H and O–H groups in total. The van der Waals surface area contributed by atoms with Gasteiger partial charge >= 0.3 is 0 Å². The Labute approximate surface area is 76.9 Å². The van der Waals surface area contributed by atoms with Crippen LogP contribution in [-0.2, 0) is 0 Å². The summed E-state index contributed by atoms with van der Waals surface area (Å²) in [6.45, 7) is 5.29. The highest BCUT2D eigenvalue weighted by Gasteiger charge is 2.15. The molecule has 70 valence electrons. The fourth-order valence-electron chi connectivity index (χ4n) is 1.15. The van der Waals surface area contributed by atoms with E-state index in [4.69, 9.17) is 9.47 Å². The largest absolute Gasteiger partial charge is 0.484 e. The minimum absolute atomic E-state index is 0.364. The molecule has 0 spiro atoms. The zero-order chi connectivity index (χ0) is 9.26. The predicted octanol–water partition coefficient (Wildman–Crippen LogP) is 1.37. The summed E-state index contributed by atoms with van der Waals surface area (Å²) in [5.41, 5.74) is 0.934. The van der Waals surface area contributed by atoms with Crippen molar-refractivity contribution in [2.24, 2.45) is 0 Å². The van der Waals surface area contributed by atoms with Crippen molar-refractivity contribution in [3.8, 4) is 11.6 Å². The molecule has 1 aromatic rings. The standard InChI is InChI=1S/C9H12N2O2/c1-6(2)7-5-8-9(11-10-7)13-4-3-12-8/h5-6H,3-4H2,1-2H3. The van der Waals surface area contributed by atoms with Gasteiger partial charge < -0.3 is 9.47 Å². The Bertz CT molecular complexity index is 312. The fourth-order valence-corrected chi connectivity index (χ4v) is 1.15. The SMILES string of the molecule is CC(C)c1cc2c(nn1)OCCO2. The average Bonchev–Trinajstić information content (AvgIpc) is 2.17. The normalized spacial score (nSPS) is 14.7. The maximum absolute atomic E-state index is 5.39. The van der Waals surface area contributed by atoms with Crippen molar-refractivity contribution >= 4 is 0 Å². The summed E-state index contributed by atoms with van der Waals surface area (Å²) in [5, 5.41) is 7.98. The highest BCUT2D eigenvalue weighted by atomic mass is 16.6. The Hall–Kier alpha value is -1.32. The highest BCUT2D eigenvalue weighted by Crippen LogP contribution is 2.28. The van der Waals surface area contributed by atoms with E-state index in [1.807, 2.05) is 6.07 Å². The molecule has 0 amide bonds. The molecule has 0 fully saturated rings. The maximum atomic E-state index is 5.39. The zero-order valence-corrected chi connectivity index (χ0v) is 7.78. The van der Waals surface area contributed by atoms with Crippen LogP contribution < -0.4 is 9.47 Å². The quantitative estimate of drug-likeness (QED) is 0.654. The fraction of sp³-hybridized carbons (Fsp3) is 0.556. The first-order valence-corrected chi connectivity index (χ1v) is 4.40. The Morgan fingerprint density at radius 2 is 2.00 bits per heavy atom. The Kier molecular flexibility index (Phi) is 2.04. The van der Waals surface area contributed by atoms with Gasteiger partial charge in [-0.25, -0.2) is 0 Å². The molecule has 0 saturated carbocycles. The van der Waals surface area contributed by atoms with Crippen LogP contribution in [0.3, 0.4) is 0 Å². The van der Waals surface area contributed by atoms with Gasteiger partial charge in [-0.3, -0.25) is 0 Å². The van der Waals surface area contributed by atoms with E-state index in [9.17, 15) is 0 Å². The third-order valence-corrected chi connectivity index (χ3v) is 1.92. The van der Waals surface area contributed by atoms with Crippen molar-refractivity contribution in [3.63, 3.8) is 0 Å².